The van der Waals surface area contributed by atoms with Gasteiger partial charge in [0, 0.05) is 70.3 Å². The largest absolute Gasteiger partial charge is 0.412 e. The van der Waals surface area contributed by atoms with Crippen LogP contribution in [0.5, 0.6) is 5.75 Å². The minimum absolute atomic E-state index is 0. The number of pyridine rings is 2. The Kier molecular flexibility index (Phi) is 14.9. The number of nitro groups is 1. The number of benzene rings is 3. The third-order valence-electron chi connectivity index (χ3n) is 8.92. The van der Waals surface area contributed by atoms with Crippen molar-refractivity contribution in [3.63, 3.8) is 0 Å². The summed E-state index contributed by atoms with van der Waals surface area (Å²) < 4.78 is 77.3. The summed E-state index contributed by atoms with van der Waals surface area (Å²) in [4.78, 5) is 56.5. The van der Waals surface area contributed by atoms with Crippen molar-refractivity contribution in [1.29, 1.82) is 0 Å². The second-order valence-corrected chi connectivity index (χ2v) is 13.6. The van der Waals surface area contributed by atoms with Gasteiger partial charge in [0.2, 0.25) is 0 Å². The quantitative estimate of drug-likeness (QED) is 0.0546. The number of ether oxygens (including phenoxy) is 1. The van der Waals surface area contributed by atoms with E-state index in [1.807, 2.05) is 72.9 Å². The predicted octanol–water partition coefficient (Wildman–Crippen LogP) is 9.29. The lowest BCUT2D eigenvalue weighted by Crippen LogP contribution is -2.36. The minimum Gasteiger partial charge on any atom is -0.410 e. The van der Waals surface area contributed by atoms with Crippen LogP contribution in [0.15, 0.2) is 134 Å². The zero-order chi connectivity index (χ0) is 46.8. The summed E-state index contributed by atoms with van der Waals surface area (Å²) in [6.07, 6.45) is -0.596. The first-order valence-electron chi connectivity index (χ1n) is 19.1. The fourth-order valence-electron chi connectivity index (χ4n) is 5.95. The van der Waals surface area contributed by atoms with Crippen LogP contribution in [-0.4, -0.2) is 92.4 Å². The molecule has 18 nitrogen and oxygen atoms in total. The van der Waals surface area contributed by atoms with Crippen LogP contribution < -0.4 is 15.4 Å². The van der Waals surface area contributed by atoms with Gasteiger partial charge in [-0.2, -0.15) is 41.2 Å². The van der Waals surface area contributed by atoms with E-state index >= 15 is 0 Å². The maximum Gasteiger partial charge on any atom is 0.412 e. The van der Waals surface area contributed by atoms with Crippen molar-refractivity contribution < 1.29 is 45.6 Å². The average molecular weight is 948 g/mol. The molecule has 0 saturated carbocycles. The van der Waals surface area contributed by atoms with Crippen molar-refractivity contribution in [3.8, 4) is 50.8 Å². The molecule has 344 valence electrons. The molecule has 9 aromatic rings. The molecule has 67 heavy (non-hydrogen) atoms. The molecule has 25 heteroatoms. The Morgan fingerprint density at radius 3 is 1.70 bits per heavy atom. The number of imidazole rings is 2. The summed E-state index contributed by atoms with van der Waals surface area (Å²) in [6.45, 7) is -2.94. The number of fused-ring (bicyclic) bond motifs is 2. The number of alkyl halides is 6. The van der Waals surface area contributed by atoms with Gasteiger partial charge in [0.1, 0.15) is 30.5 Å². The van der Waals surface area contributed by atoms with Crippen molar-refractivity contribution in [3.05, 3.63) is 144 Å². The summed E-state index contributed by atoms with van der Waals surface area (Å²) in [6, 6.07) is 26.5. The average Bonchev–Trinajstić information content (AvgIpc) is 4.15. The number of non-ortho nitro benzene ring substituents is 1. The fraction of sp³-hybridized carbons (Fsp3) is 0.0952. The lowest BCUT2D eigenvalue weighted by Gasteiger charge is -2.08. The summed E-state index contributed by atoms with van der Waals surface area (Å²) >= 11 is 0. The van der Waals surface area contributed by atoms with Crippen molar-refractivity contribution in [2.75, 3.05) is 13.1 Å². The molecule has 0 aliphatic carbocycles. The number of hydrogen-bond acceptors (Lipinski definition) is 11. The Morgan fingerprint density at radius 1 is 0.687 bits per heavy atom. The SMILES string of the molecule is Cl.O=C(NCC(F)(F)F)Oc1ccc([N+](=O)[O-])cc1.O=C(NCC(F)(F)F)n1cc(-c2ccnc3nc(-c4ccccc4)[nH]c23)cn1.c1ccc(-c2nc3nccc(-c4cn[nH]c4)c3[nH]2)cc1. The number of aromatic amines is 3. The second kappa shape index (κ2) is 20.9. The maximum absolute atomic E-state index is 12.3. The van der Waals surface area contributed by atoms with Crippen molar-refractivity contribution in [1.82, 2.24) is 60.5 Å². The molecular weight excluding hydrogens is 916 g/mol. The summed E-state index contributed by atoms with van der Waals surface area (Å²) in [7, 11) is 0. The summed E-state index contributed by atoms with van der Waals surface area (Å²) in [5, 5.41) is 24.2. The van der Waals surface area contributed by atoms with Gasteiger partial charge in [0.15, 0.2) is 11.3 Å². The minimum atomic E-state index is -4.53. The highest BCUT2D eigenvalue weighted by Crippen LogP contribution is 2.30. The van der Waals surface area contributed by atoms with Gasteiger partial charge in [-0.1, -0.05) is 60.7 Å². The van der Waals surface area contributed by atoms with Crippen LogP contribution in [0.3, 0.4) is 0 Å². The number of carbonyl (C=O) groups is 2. The molecule has 0 radical (unpaired) electrons. The monoisotopic (exact) mass is 947 g/mol. The molecule has 0 aliphatic rings. The van der Waals surface area contributed by atoms with Gasteiger partial charge in [-0.25, -0.2) is 29.5 Å². The van der Waals surface area contributed by atoms with Crippen LogP contribution in [0.2, 0.25) is 0 Å². The second-order valence-electron chi connectivity index (χ2n) is 13.6. The zero-order valence-electron chi connectivity index (χ0n) is 33.9. The molecule has 9 rings (SSSR count). The van der Waals surface area contributed by atoms with Crippen molar-refractivity contribution in [2.45, 2.75) is 12.4 Å². The third kappa shape index (κ3) is 12.7. The van der Waals surface area contributed by atoms with E-state index in [9.17, 15) is 46.0 Å². The highest BCUT2D eigenvalue weighted by atomic mass is 35.5. The van der Waals surface area contributed by atoms with E-state index in [-0.39, 0.29) is 23.8 Å². The van der Waals surface area contributed by atoms with Crippen LogP contribution in [-0.2, 0) is 0 Å². The Labute approximate surface area is 378 Å². The van der Waals surface area contributed by atoms with Gasteiger partial charge < -0.3 is 25.3 Å². The number of nitrogens with zero attached hydrogens (tertiary/aromatic N) is 8. The van der Waals surface area contributed by atoms with Crippen LogP contribution in [0.25, 0.3) is 67.4 Å². The van der Waals surface area contributed by atoms with Gasteiger partial charge in [-0.3, -0.25) is 15.2 Å². The highest BCUT2D eigenvalue weighted by Gasteiger charge is 2.29. The standard InChI is InChI=1S/C18H13F3N6O.C15H11N5.C9H7F3N2O4.ClH/c19-18(20,21)10-23-17(28)27-9-12(8-24-27)13-6-7-22-16-14(13)25-15(26-16)11-4-2-1-3-5-11;1-2-4-10(5-3-1)14-19-13-12(11-8-17-18-9-11)6-7-16-15(13)20-14;10-9(11,12)5-13-8(15)18-7-3-1-6(2-4-7)14(16)17;/h1-9H,10H2,(H,23,28)(H,22,25,26);1-9H,(H,17,18)(H,16,19,20);1-4H,5H2,(H,13,15);1H. The van der Waals surface area contributed by atoms with Crippen LogP contribution in [0, 0.1) is 10.1 Å². The molecule has 2 amide bonds. The number of halogens is 7. The fourth-order valence-corrected chi connectivity index (χ4v) is 5.95. The number of amides is 2. The Hall–Kier alpha value is -8.67. The Bertz CT molecular complexity index is 3070. The number of carbonyl (C=O) groups excluding carboxylic acids is 2. The molecule has 0 spiro atoms. The molecule has 0 atom stereocenters. The van der Waals surface area contributed by atoms with E-state index < -0.39 is 42.5 Å². The summed E-state index contributed by atoms with van der Waals surface area (Å²) in [5.41, 5.74) is 7.72. The van der Waals surface area contributed by atoms with Gasteiger partial charge >= 0.3 is 24.5 Å². The first kappa shape index (κ1) is 47.8. The molecule has 0 bridgehead atoms. The number of nitrogens with one attached hydrogen (secondary N) is 5. The van der Waals surface area contributed by atoms with E-state index in [2.05, 4.69) is 49.9 Å². The lowest BCUT2D eigenvalue weighted by atomic mass is 10.1. The topological polar surface area (TPSA) is 240 Å². The van der Waals surface area contributed by atoms with Gasteiger partial charge in [-0.05, 0) is 24.3 Å². The number of H-pyrrole nitrogens is 3. The van der Waals surface area contributed by atoms with Gasteiger partial charge in [0.05, 0.1) is 28.4 Å². The molecule has 5 N–H and O–H groups in total. The molecule has 6 heterocycles. The molecule has 0 saturated heterocycles. The van der Waals surface area contributed by atoms with E-state index in [0.717, 1.165) is 62.5 Å². The first-order chi connectivity index (χ1) is 31.6. The molecular formula is C42H32ClF6N13O5. The van der Waals surface area contributed by atoms with Gasteiger partial charge in [-0.15, -0.1) is 12.4 Å². The van der Waals surface area contributed by atoms with Crippen LogP contribution in [0.1, 0.15) is 0 Å². The Morgan fingerprint density at radius 2 is 1.21 bits per heavy atom. The van der Waals surface area contributed by atoms with Crippen molar-refractivity contribution in [2.24, 2.45) is 0 Å². The normalized spacial score (nSPS) is 11.1. The number of rotatable bonds is 8. The number of nitro benzene ring substituents is 1. The van der Waals surface area contributed by atoms with Crippen LogP contribution in [0.4, 0.5) is 41.6 Å². The first-order valence-corrected chi connectivity index (χ1v) is 19.1. The smallest absolute Gasteiger partial charge is 0.410 e. The summed E-state index contributed by atoms with van der Waals surface area (Å²) in [5.74, 6) is 1.36. The predicted molar refractivity (Wildman–Crippen MR) is 233 cm³/mol. The molecule has 0 aliphatic heterocycles. The van der Waals surface area contributed by atoms with E-state index in [4.69, 9.17) is 0 Å². The molecule has 3 aromatic carbocycles. The lowest BCUT2D eigenvalue weighted by molar-refractivity contribution is -0.384. The van der Waals surface area contributed by atoms with E-state index in [1.54, 1.807) is 30.0 Å². The Balaban J connectivity index is 0.000000170. The molecule has 0 unspecified atom stereocenters. The highest BCUT2D eigenvalue weighted by molar-refractivity contribution is 5.92. The van der Waals surface area contributed by atoms with Crippen molar-refractivity contribution >= 4 is 52.5 Å². The van der Waals surface area contributed by atoms with E-state index in [1.165, 1.54) is 17.7 Å². The maximum atomic E-state index is 12.3. The number of hydrogen-bond donors (Lipinski definition) is 5. The van der Waals surface area contributed by atoms with Crippen LogP contribution >= 0.6 is 12.4 Å². The van der Waals surface area contributed by atoms with E-state index in [0.29, 0.717) is 33.8 Å². The third-order valence-corrected chi connectivity index (χ3v) is 8.92. The number of aromatic nitrogens is 10. The van der Waals surface area contributed by atoms with Gasteiger partial charge in [0.25, 0.3) is 5.69 Å². The molecule has 0 fully saturated rings. The zero-order valence-corrected chi connectivity index (χ0v) is 34.7. The molecule has 6 aromatic heterocycles.